The van der Waals surface area contributed by atoms with Crippen LogP contribution in [0.25, 0.3) is 0 Å². The summed E-state index contributed by atoms with van der Waals surface area (Å²) in [5.74, 6) is -0.0946. The summed E-state index contributed by atoms with van der Waals surface area (Å²) in [6.07, 6.45) is -2.54. The molecule has 12 heavy (non-hydrogen) atoms. The molecule has 0 aliphatic carbocycles. The number of ether oxygens (including phenoxy) is 1. The summed E-state index contributed by atoms with van der Waals surface area (Å²) in [6, 6.07) is 0. The average molecular weight is 176 g/mol. The van der Waals surface area contributed by atoms with Crippen LogP contribution >= 0.6 is 0 Å². The molecule has 3 N–H and O–H groups in total. The van der Waals surface area contributed by atoms with Crippen LogP contribution < -0.4 is 0 Å². The third kappa shape index (κ3) is 1.61. The Hall–Kier alpha value is -0.160. The summed E-state index contributed by atoms with van der Waals surface area (Å²) < 4.78 is 5.27. The fourth-order valence-electron chi connectivity index (χ4n) is 1.44. The molecule has 4 nitrogen and oxygen atoms in total. The van der Waals surface area contributed by atoms with E-state index in [0.717, 1.165) is 0 Å². The van der Waals surface area contributed by atoms with Crippen molar-refractivity contribution >= 4 is 0 Å². The predicted molar refractivity (Wildman–Crippen MR) is 42.6 cm³/mol. The molecule has 0 aromatic rings. The summed E-state index contributed by atoms with van der Waals surface area (Å²) in [6.45, 7) is 3.38. The lowest BCUT2D eigenvalue weighted by Crippen LogP contribution is -2.53. The van der Waals surface area contributed by atoms with Crippen molar-refractivity contribution in [2.75, 3.05) is 6.61 Å². The molecule has 0 radical (unpaired) electrons. The van der Waals surface area contributed by atoms with Crippen molar-refractivity contribution < 1.29 is 20.1 Å². The summed E-state index contributed by atoms with van der Waals surface area (Å²) in [7, 11) is 0. The van der Waals surface area contributed by atoms with Crippen LogP contribution in [0.1, 0.15) is 13.8 Å². The largest absolute Gasteiger partial charge is 0.394 e. The first-order valence-corrected chi connectivity index (χ1v) is 4.20. The average Bonchev–Trinajstić information content (AvgIpc) is 2.08. The summed E-state index contributed by atoms with van der Waals surface area (Å²) >= 11 is 0. The fourth-order valence-corrected chi connectivity index (χ4v) is 1.44. The van der Waals surface area contributed by atoms with E-state index in [2.05, 4.69) is 0 Å². The Balaban J connectivity index is 2.63. The molecule has 1 aliphatic heterocycles. The second-order valence-corrected chi connectivity index (χ2v) is 3.40. The van der Waals surface area contributed by atoms with Gasteiger partial charge in [-0.1, -0.05) is 6.92 Å². The molecule has 0 aromatic heterocycles. The van der Waals surface area contributed by atoms with Gasteiger partial charge in [0.15, 0.2) is 0 Å². The minimum Gasteiger partial charge on any atom is -0.394 e. The molecule has 1 fully saturated rings. The number of aliphatic hydroxyl groups is 3. The van der Waals surface area contributed by atoms with Gasteiger partial charge in [0, 0.05) is 5.92 Å². The van der Waals surface area contributed by atoms with Crippen LogP contribution in [0, 0.1) is 5.92 Å². The first-order chi connectivity index (χ1) is 5.57. The van der Waals surface area contributed by atoms with Crippen LogP contribution in [0.15, 0.2) is 0 Å². The maximum Gasteiger partial charge on any atom is 0.109 e. The van der Waals surface area contributed by atoms with Gasteiger partial charge in [0.1, 0.15) is 12.2 Å². The Kier molecular flexibility index (Phi) is 3.06. The zero-order valence-electron chi connectivity index (χ0n) is 7.34. The van der Waals surface area contributed by atoms with Gasteiger partial charge in [-0.15, -0.1) is 0 Å². The SMILES string of the molecule is CC1OC(CO)[C@H](O)C(O)C1C. The van der Waals surface area contributed by atoms with Crippen LogP contribution in [0.4, 0.5) is 0 Å². The second kappa shape index (κ2) is 3.70. The minimum absolute atomic E-state index is 0.0946. The van der Waals surface area contributed by atoms with E-state index in [1.165, 1.54) is 0 Å². The molecule has 0 amide bonds. The van der Waals surface area contributed by atoms with Crippen LogP contribution in [-0.2, 0) is 4.74 Å². The number of hydrogen-bond acceptors (Lipinski definition) is 4. The monoisotopic (exact) mass is 176 g/mol. The molecule has 1 aliphatic rings. The zero-order valence-corrected chi connectivity index (χ0v) is 7.34. The third-order valence-corrected chi connectivity index (χ3v) is 2.58. The minimum atomic E-state index is -0.971. The maximum absolute atomic E-state index is 9.48. The molecule has 72 valence electrons. The smallest absolute Gasteiger partial charge is 0.109 e. The van der Waals surface area contributed by atoms with Gasteiger partial charge in [-0.05, 0) is 6.92 Å². The van der Waals surface area contributed by atoms with E-state index in [0.29, 0.717) is 0 Å². The molecular weight excluding hydrogens is 160 g/mol. The first-order valence-electron chi connectivity index (χ1n) is 4.20. The Morgan fingerprint density at radius 2 is 1.75 bits per heavy atom. The lowest BCUT2D eigenvalue weighted by atomic mass is 9.89. The highest BCUT2D eigenvalue weighted by Crippen LogP contribution is 2.25. The Morgan fingerprint density at radius 3 is 2.25 bits per heavy atom. The maximum atomic E-state index is 9.48. The van der Waals surface area contributed by atoms with Gasteiger partial charge in [-0.3, -0.25) is 0 Å². The summed E-state index contributed by atoms with van der Waals surface area (Å²) in [5.41, 5.74) is 0. The van der Waals surface area contributed by atoms with Crippen molar-refractivity contribution in [2.45, 2.75) is 38.3 Å². The van der Waals surface area contributed by atoms with Gasteiger partial charge in [-0.25, -0.2) is 0 Å². The van der Waals surface area contributed by atoms with E-state index in [9.17, 15) is 10.2 Å². The molecule has 0 spiro atoms. The molecule has 1 rings (SSSR count). The molecule has 4 unspecified atom stereocenters. The highest BCUT2D eigenvalue weighted by atomic mass is 16.5. The number of aliphatic hydroxyl groups excluding tert-OH is 3. The van der Waals surface area contributed by atoms with Crippen molar-refractivity contribution in [3.63, 3.8) is 0 Å². The molecule has 0 bridgehead atoms. The van der Waals surface area contributed by atoms with Crippen molar-refractivity contribution in [2.24, 2.45) is 5.92 Å². The summed E-state index contributed by atoms with van der Waals surface area (Å²) in [4.78, 5) is 0. The van der Waals surface area contributed by atoms with Gasteiger partial charge in [0.2, 0.25) is 0 Å². The molecule has 4 heteroatoms. The normalized spacial score (nSPS) is 49.2. The Bertz CT molecular complexity index is 145. The van der Waals surface area contributed by atoms with E-state index >= 15 is 0 Å². The standard InChI is InChI=1S/C8H16O4/c1-4-5(2)12-6(3-9)8(11)7(4)10/h4-11H,3H2,1-2H3/t4?,5?,6?,7?,8-/m0/s1. The molecule has 0 saturated carbocycles. The van der Waals surface area contributed by atoms with Crippen molar-refractivity contribution in [3.8, 4) is 0 Å². The van der Waals surface area contributed by atoms with E-state index < -0.39 is 18.3 Å². The second-order valence-electron chi connectivity index (χ2n) is 3.40. The lowest BCUT2D eigenvalue weighted by Gasteiger charge is -2.39. The van der Waals surface area contributed by atoms with E-state index in [-0.39, 0.29) is 18.6 Å². The van der Waals surface area contributed by atoms with Crippen LogP contribution in [0.3, 0.4) is 0 Å². The van der Waals surface area contributed by atoms with Crippen molar-refractivity contribution in [1.29, 1.82) is 0 Å². The van der Waals surface area contributed by atoms with Crippen molar-refractivity contribution in [3.05, 3.63) is 0 Å². The van der Waals surface area contributed by atoms with Gasteiger partial charge < -0.3 is 20.1 Å². The lowest BCUT2D eigenvalue weighted by molar-refractivity contribution is -0.200. The Morgan fingerprint density at radius 1 is 1.17 bits per heavy atom. The van der Waals surface area contributed by atoms with Crippen molar-refractivity contribution in [1.82, 2.24) is 0 Å². The van der Waals surface area contributed by atoms with E-state index in [1.54, 1.807) is 0 Å². The van der Waals surface area contributed by atoms with E-state index in [1.807, 2.05) is 13.8 Å². The highest BCUT2D eigenvalue weighted by Gasteiger charge is 2.39. The number of hydrogen-bond donors (Lipinski definition) is 3. The summed E-state index contributed by atoms with van der Waals surface area (Å²) in [5, 5.41) is 27.7. The molecule has 5 atom stereocenters. The highest BCUT2D eigenvalue weighted by molar-refractivity contribution is 4.87. The third-order valence-electron chi connectivity index (χ3n) is 2.58. The molecule has 0 aromatic carbocycles. The van der Waals surface area contributed by atoms with Crippen LogP contribution in [-0.4, -0.2) is 46.3 Å². The van der Waals surface area contributed by atoms with E-state index in [4.69, 9.17) is 9.84 Å². The molecule has 1 saturated heterocycles. The van der Waals surface area contributed by atoms with Crippen LogP contribution in [0.5, 0.6) is 0 Å². The zero-order chi connectivity index (χ0) is 9.30. The van der Waals surface area contributed by atoms with Gasteiger partial charge >= 0.3 is 0 Å². The van der Waals surface area contributed by atoms with Gasteiger partial charge in [0.25, 0.3) is 0 Å². The predicted octanol–water partition coefficient (Wildman–Crippen LogP) is -0.876. The van der Waals surface area contributed by atoms with Gasteiger partial charge in [-0.2, -0.15) is 0 Å². The molecule has 1 heterocycles. The Labute approximate surface area is 71.8 Å². The van der Waals surface area contributed by atoms with Crippen LogP contribution in [0.2, 0.25) is 0 Å². The fraction of sp³-hybridized carbons (Fsp3) is 1.00. The van der Waals surface area contributed by atoms with Gasteiger partial charge in [0.05, 0.1) is 18.8 Å². The number of rotatable bonds is 1. The quantitative estimate of drug-likeness (QED) is 0.485. The topological polar surface area (TPSA) is 69.9 Å². The first kappa shape index (κ1) is 9.92. The molecular formula is C8H16O4.